The lowest BCUT2D eigenvalue weighted by atomic mass is 9.84. The summed E-state index contributed by atoms with van der Waals surface area (Å²) in [6.07, 6.45) is 6.42. The number of nitrogens with zero attached hydrogens (tertiary/aromatic N) is 2. The zero-order valence-corrected chi connectivity index (χ0v) is 12.4. The summed E-state index contributed by atoms with van der Waals surface area (Å²) >= 11 is 0. The minimum absolute atomic E-state index is 0.00000591. The molecule has 4 atom stereocenters. The summed E-state index contributed by atoms with van der Waals surface area (Å²) in [6.45, 7) is 2.02. The fraction of sp³-hybridized carbons (Fsp3) is 0.667. The number of aromatic carboxylic acids is 1. The Balaban J connectivity index is 1.70. The molecule has 0 aromatic carbocycles. The summed E-state index contributed by atoms with van der Waals surface area (Å²) in [6, 6.07) is 0.0662. The average Bonchev–Trinajstić information content (AvgIpc) is 3.12. The molecule has 0 spiro atoms. The van der Waals surface area contributed by atoms with Crippen LogP contribution in [0.4, 0.5) is 0 Å². The van der Waals surface area contributed by atoms with E-state index in [0.717, 1.165) is 5.92 Å². The molecule has 1 amide bonds. The van der Waals surface area contributed by atoms with E-state index in [0.29, 0.717) is 11.8 Å². The fourth-order valence-corrected chi connectivity index (χ4v) is 4.10. The van der Waals surface area contributed by atoms with E-state index in [-0.39, 0.29) is 23.2 Å². The molecule has 21 heavy (non-hydrogen) atoms. The largest absolute Gasteiger partial charge is 0.478 e. The highest BCUT2D eigenvalue weighted by atomic mass is 16.4. The second kappa shape index (κ2) is 5.16. The van der Waals surface area contributed by atoms with Crippen molar-refractivity contribution in [2.75, 3.05) is 0 Å². The smallest absolute Gasteiger partial charge is 0.339 e. The van der Waals surface area contributed by atoms with Gasteiger partial charge in [-0.3, -0.25) is 9.48 Å². The minimum atomic E-state index is -1.12. The molecular weight excluding hydrogens is 270 g/mol. The molecule has 2 aliphatic carbocycles. The summed E-state index contributed by atoms with van der Waals surface area (Å²) in [4.78, 5) is 23.5. The molecule has 6 heteroatoms. The number of aryl methyl sites for hydroxylation is 1. The molecule has 0 unspecified atom stereocenters. The van der Waals surface area contributed by atoms with E-state index in [1.54, 1.807) is 7.05 Å². The van der Waals surface area contributed by atoms with Crippen LogP contribution >= 0.6 is 0 Å². The molecule has 2 bridgehead atoms. The molecule has 3 rings (SSSR count). The van der Waals surface area contributed by atoms with Gasteiger partial charge in [-0.2, -0.15) is 5.10 Å². The van der Waals surface area contributed by atoms with Crippen molar-refractivity contribution in [3.8, 4) is 0 Å². The van der Waals surface area contributed by atoms with E-state index in [1.165, 1.54) is 36.6 Å². The van der Waals surface area contributed by atoms with Crippen molar-refractivity contribution in [3.05, 3.63) is 17.5 Å². The summed E-state index contributed by atoms with van der Waals surface area (Å²) in [5, 5.41) is 16.1. The first-order valence-electron chi connectivity index (χ1n) is 7.53. The van der Waals surface area contributed by atoms with E-state index in [1.807, 2.05) is 6.92 Å². The number of carboxylic acids is 1. The summed E-state index contributed by atoms with van der Waals surface area (Å²) in [5.41, 5.74) is -0.0462. The molecular formula is C15H21N3O3. The molecule has 6 nitrogen and oxygen atoms in total. The van der Waals surface area contributed by atoms with Crippen molar-refractivity contribution in [1.82, 2.24) is 15.1 Å². The first-order valence-corrected chi connectivity index (χ1v) is 7.53. The minimum Gasteiger partial charge on any atom is -0.478 e. The van der Waals surface area contributed by atoms with Gasteiger partial charge in [-0.15, -0.1) is 0 Å². The monoisotopic (exact) mass is 291 g/mol. The number of amides is 1. The lowest BCUT2D eigenvalue weighted by Crippen LogP contribution is -2.40. The van der Waals surface area contributed by atoms with Gasteiger partial charge < -0.3 is 10.4 Å². The van der Waals surface area contributed by atoms with Gasteiger partial charge in [0.05, 0.1) is 0 Å². The highest BCUT2D eigenvalue weighted by Crippen LogP contribution is 2.49. The van der Waals surface area contributed by atoms with Crippen LogP contribution < -0.4 is 5.32 Å². The van der Waals surface area contributed by atoms with Crippen LogP contribution in [0.5, 0.6) is 0 Å². The Morgan fingerprint density at radius 2 is 2.19 bits per heavy atom. The molecule has 2 fully saturated rings. The van der Waals surface area contributed by atoms with Crippen molar-refractivity contribution in [1.29, 1.82) is 0 Å². The van der Waals surface area contributed by atoms with Crippen LogP contribution in [-0.2, 0) is 7.05 Å². The topological polar surface area (TPSA) is 84.2 Å². The van der Waals surface area contributed by atoms with Crippen molar-refractivity contribution in [2.24, 2.45) is 24.8 Å². The first kappa shape index (κ1) is 14.1. The zero-order chi connectivity index (χ0) is 15.1. The van der Waals surface area contributed by atoms with E-state index in [9.17, 15) is 9.59 Å². The fourth-order valence-electron chi connectivity index (χ4n) is 4.10. The molecule has 1 heterocycles. The van der Waals surface area contributed by atoms with Gasteiger partial charge in [0, 0.05) is 19.3 Å². The van der Waals surface area contributed by atoms with E-state index < -0.39 is 5.97 Å². The molecule has 1 aromatic rings. The van der Waals surface area contributed by atoms with Crippen LogP contribution in [0, 0.1) is 17.8 Å². The second-order valence-corrected chi connectivity index (χ2v) is 6.47. The number of carbonyl (C=O) groups is 2. The SMILES string of the molecule is C[C@@H](NC(=O)c1nn(C)cc1C(=O)O)[C@@H]1C[C@H]2CC[C@H]1C2. The third-order valence-electron chi connectivity index (χ3n) is 5.07. The lowest BCUT2D eigenvalue weighted by molar-refractivity contribution is 0.0689. The predicted molar refractivity (Wildman–Crippen MR) is 76.0 cm³/mol. The molecule has 0 aliphatic heterocycles. The van der Waals surface area contributed by atoms with Crippen LogP contribution in [-0.4, -0.2) is 32.8 Å². The predicted octanol–water partition coefficient (Wildman–Crippen LogP) is 1.67. The van der Waals surface area contributed by atoms with Gasteiger partial charge in [0.1, 0.15) is 5.56 Å². The Kier molecular flexibility index (Phi) is 3.47. The van der Waals surface area contributed by atoms with Crippen LogP contribution in [0.1, 0.15) is 53.5 Å². The van der Waals surface area contributed by atoms with Crippen LogP contribution in [0.3, 0.4) is 0 Å². The van der Waals surface area contributed by atoms with Gasteiger partial charge in [-0.05, 0) is 43.9 Å². The van der Waals surface area contributed by atoms with Gasteiger partial charge in [0.2, 0.25) is 0 Å². The van der Waals surface area contributed by atoms with Crippen molar-refractivity contribution in [2.45, 2.75) is 38.6 Å². The lowest BCUT2D eigenvalue weighted by Gasteiger charge is -2.28. The molecule has 0 saturated heterocycles. The standard InChI is InChI=1S/C15H21N3O3/c1-8(11-6-9-3-4-10(11)5-9)16-14(19)13-12(15(20)21)7-18(2)17-13/h7-11H,3-6H2,1-2H3,(H,16,19)(H,20,21)/t8-,9+,10+,11+/m1/s1. The van der Waals surface area contributed by atoms with Crippen molar-refractivity contribution < 1.29 is 14.7 Å². The van der Waals surface area contributed by atoms with Crippen LogP contribution in [0.25, 0.3) is 0 Å². The Bertz CT molecular complexity index is 581. The first-order chi connectivity index (χ1) is 9.95. The Labute approximate surface area is 123 Å². The van der Waals surface area contributed by atoms with Gasteiger partial charge in [0.15, 0.2) is 5.69 Å². The third-order valence-corrected chi connectivity index (χ3v) is 5.07. The summed E-state index contributed by atoms with van der Waals surface area (Å²) < 4.78 is 1.36. The highest BCUT2D eigenvalue weighted by Gasteiger charge is 2.42. The molecule has 114 valence electrons. The molecule has 2 saturated carbocycles. The Morgan fingerprint density at radius 3 is 2.76 bits per heavy atom. The molecule has 0 radical (unpaired) electrons. The van der Waals surface area contributed by atoms with Gasteiger partial charge >= 0.3 is 5.97 Å². The Hall–Kier alpha value is -1.85. The number of carboxylic acid groups (broad SMARTS) is 1. The van der Waals surface area contributed by atoms with Gasteiger partial charge in [-0.1, -0.05) is 6.42 Å². The average molecular weight is 291 g/mol. The third kappa shape index (κ3) is 2.54. The number of hydrogen-bond donors (Lipinski definition) is 2. The summed E-state index contributed by atoms with van der Waals surface area (Å²) in [5.74, 6) is 0.547. The zero-order valence-electron chi connectivity index (χ0n) is 12.4. The van der Waals surface area contributed by atoms with Crippen molar-refractivity contribution in [3.63, 3.8) is 0 Å². The van der Waals surface area contributed by atoms with Gasteiger partial charge in [0.25, 0.3) is 5.91 Å². The normalized spacial score (nSPS) is 28.6. The number of aromatic nitrogens is 2. The number of hydrogen-bond acceptors (Lipinski definition) is 3. The Morgan fingerprint density at radius 1 is 1.43 bits per heavy atom. The maximum Gasteiger partial charge on any atom is 0.339 e. The van der Waals surface area contributed by atoms with E-state index in [4.69, 9.17) is 5.11 Å². The van der Waals surface area contributed by atoms with E-state index >= 15 is 0 Å². The molecule has 1 aromatic heterocycles. The number of rotatable bonds is 4. The summed E-state index contributed by atoms with van der Waals surface area (Å²) in [7, 11) is 1.61. The molecule has 2 N–H and O–H groups in total. The van der Waals surface area contributed by atoms with Gasteiger partial charge in [-0.25, -0.2) is 4.79 Å². The molecule has 2 aliphatic rings. The van der Waals surface area contributed by atoms with Crippen LogP contribution in [0.15, 0.2) is 6.20 Å². The maximum absolute atomic E-state index is 12.3. The van der Waals surface area contributed by atoms with Crippen LogP contribution in [0.2, 0.25) is 0 Å². The quantitative estimate of drug-likeness (QED) is 0.884. The number of carbonyl (C=O) groups excluding carboxylic acids is 1. The number of nitrogens with one attached hydrogen (secondary N) is 1. The van der Waals surface area contributed by atoms with E-state index in [2.05, 4.69) is 10.4 Å². The highest BCUT2D eigenvalue weighted by molar-refractivity contribution is 6.03. The number of fused-ring (bicyclic) bond motifs is 2. The maximum atomic E-state index is 12.3. The van der Waals surface area contributed by atoms with Crippen molar-refractivity contribution >= 4 is 11.9 Å². The second-order valence-electron chi connectivity index (χ2n) is 6.47.